The molecule has 108 valence electrons. The van der Waals surface area contributed by atoms with Gasteiger partial charge in [0.15, 0.2) is 17.7 Å². The van der Waals surface area contributed by atoms with Crippen molar-refractivity contribution in [3.63, 3.8) is 0 Å². The topological polar surface area (TPSA) is 145 Å². The Labute approximate surface area is 114 Å². The van der Waals surface area contributed by atoms with Crippen molar-refractivity contribution in [3.8, 4) is 0 Å². The number of aromatic nitrogens is 4. The minimum atomic E-state index is -1.10. The van der Waals surface area contributed by atoms with Gasteiger partial charge in [-0.2, -0.15) is 0 Å². The predicted molar refractivity (Wildman–Crippen MR) is 69.3 cm³/mol. The van der Waals surface area contributed by atoms with Gasteiger partial charge in [-0.15, -0.1) is 0 Å². The lowest BCUT2D eigenvalue weighted by molar-refractivity contribution is -0.0455. The van der Waals surface area contributed by atoms with Crippen molar-refractivity contribution in [1.29, 1.82) is 0 Å². The van der Waals surface area contributed by atoms with Gasteiger partial charge >= 0.3 is 0 Å². The molecule has 20 heavy (non-hydrogen) atoms. The van der Waals surface area contributed by atoms with Crippen molar-refractivity contribution >= 4 is 17.0 Å². The van der Waals surface area contributed by atoms with E-state index in [0.717, 1.165) is 0 Å². The normalized spacial score (nSPS) is 33.9. The minimum absolute atomic E-state index is 0.254. The highest BCUT2D eigenvalue weighted by atomic mass is 16.5. The van der Waals surface area contributed by atoms with Gasteiger partial charge in [-0.25, -0.2) is 15.0 Å². The zero-order chi connectivity index (χ0) is 14.5. The van der Waals surface area contributed by atoms with Crippen LogP contribution in [0.4, 0.5) is 5.82 Å². The molecule has 1 saturated heterocycles. The molecule has 4 atom stereocenters. The number of ether oxygens (including phenoxy) is 1. The molecule has 9 heteroatoms. The van der Waals surface area contributed by atoms with Gasteiger partial charge in [0.05, 0.1) is 18.5 Å². The number of hydrogen-bond donors (Lipinski definition) is 4. The Kier molecular flexibility index (Phi) is 2.87. The number of nitrogens with two attached hydrogens (primary N) is 2. The fourth-order valence-corrected chi connectivity index (χ4v) is 2.48. The van der Waals surface area contributed by atoms with Crippen LogP contribution in [0.1, 0.15) is 13.2 Å². The molecule has 6 N–H and O–H groups in total. The average Bonchev–Trinajstić information content (AvgIpc) is 2.92. The summed E-state index contributed by atoms with van der Waals surface area (Å²) in [5.74, 6) is 0.254. The van der Waals surface area contributed by atoms with E-state index in [9.17, 15) is 10.2 Å². The van der Waals surface area contributed by atoms with Crippen molar-refractivity contribution < 1.29 is 14.9 Å². The second-order valence-electron chi connectivity index (χ2n) is 5.10. The molecular formula is C11H16N6O3. The van der Waals surface area contributed by atoms with Gasteiger partial charge in [-0.05, 0) is 6.92 Å². The molecule has 0 saturated carbocycles. The number of hydrogen-bond acceptors (Lipinski definition) is 8. The van der Waals surface area contributed by atoms with E-state index in [4.69, 9.17) is 16.2 Å². The maximum atomic E-state index is 10.1. The van der Waals surface area contributed by atoms with E-state index in [2.05, 4.69) is 15.0 Å². The minimum Gasteiger partial charge on any atom is -0.394 e. The summed E-state index contributed by atoms with van der Waals surface area (Å²) in [6, 6.07) is 0. The number of aliphatic hydroxyl groups excluding tert-OH is 2. The largest absolute Gasteiger partial charge is 0.394 e. The van der Waals surface area contributed by atoms with Gasteiger partial charge in [-0.1, -0.05) is 0 Å². The molecule has 0 aliphatic carbocycles. The first-order valence-corrected chi connectivity index (χ1v) is 6.13. The fourth-order valence-electron chi connectivity index (χ4n) is 2.48. The van der Waals surface area contributed by atoms with Crippen molar-refractivity contribution in [2.45, 2.75) is 30.9 Å². The van der Waals surface area contributed by atoms with Crippen LogP contribution >= 0.6 is 0 Å². The van der Waals surface area contributed by atoms with Crippen LogP contribution in [0.25, 0.3) is 11.2 Å². The molecule has 0 aromatic carbocycles. The summed E-state index contributed by atoms with van der Waals surface area (Å²) in [5, 5.41) is 19.3. The van der Waals surface area contributed by atoms with Gasteiger partial charge in [0.2, 0.25) is 0 Å². The summed E-state index contributed by atoms with van der Waals surface area (Å²) in [6.07, 6.45) is 0.325. The molecule has 9 nitrogen and oxygen atoms in total. The van der Waals surface area contributed by atoms with Gasteiger partial charge in [0, 0.05) is 0 Å². The van der Waals surface area contributed by atoms with Gasteiger partial charge in [-0.3, -0.25) is 4.57 Å². The average molecular weight is 280 g/mol. The lowest BCUT2D eigenvalue weighted by atomic mass is 9.93. The van der Waals surface area contributed by atoms with Crippen LogP contribution in [0, 0.1) is 0 Å². The van der Waals surface area contributed by atoms with Crippen LogP contribution in [0.15, 0.2) is 12.7 Å². The molecule has 0 amide bonds. The standard InChI is InChI=1S/C11H16N6O3/c1-11(13)7(19)5(2-18)20-10(11)17-4-16-6-8(12)14-3-15-9(6)17/h3-5,7,10,18-19H,2,13H2,1H3,(H2,12,14,15)/t5-,7-,10-,11-/m1/s1. The molecule has 0 unspecified atom stereocenters. The van der Waals surface area contributed by atoms with Crippen molar-refractivity contribution in [1.82, 2.24) is 19.5 Å². The molecular weight excluding hydrogens is 264 g/mol. The number of anilines is 1. The number of imidazole rings is 1. The van der Waals surface area contributed by atoms with Crippen LogP contribution in [-0.4, -0.2) is 54.1 Å². The fraction of sp³-hybridized carbons (Fsp3) is 0.545. The van der Waals surface area contributed by atoms with E-state index in [-0.39, 0.29) is 12.4 Å². The molecule has 1 aliphatic rings. The third-order valence-corrected chi connectivity index (χ3v) is 3.64. The van der Waals surface area contributed by atoms with Crippen LogP contribution in [-0.2, 0) is 4.74 Å². The lowest BCUT2D eigenvalue weighted by Crippen LogP contribution is -2.52. The molecule has 0 spiro atoms. The first-order valence-electron chi connectivity index (χ1n) is 6.13. The van der Waals surface area contributed by atoms with Crippen molar-refractivity contribution in [3.05, 3.63) is 12.7 Å². The molecule has 2 aromatic rings. The molecule has 1 aliphatic heterocycles. The van der Waals surface area contributed by atoms with Crippen molar-refractivity contribution in [2.24, 2.45) is 5.73 Å². The van der Waals surface area contributed by atoms with Gasteiger partial charge < -0.3 is 26.4 Å². The van der Waals surface area contributed by atoms with E-state index in [0.29, 0.717) is 11.2 Å². The Morgan fingerprint density at radius 1 is 1.45 bits per heavy atom. The molecule has 3 rings (SSSR count). The Bertz CT molecular complexity index is 642. The first-order chi connectivity index (χ1) is 9.46. The smallest absolute Gasteiger partial charge is 0.167 e. The number of fused-ring (bicyclic) bond motifs is 1. The quantitative estimate of drug-likeness (QED) is 0.513. The highest BCUT2D eigenvalue weighted by Gasteiger charge is 2.51. The maximum absolute atomic E-state index is 10.1. The molecule has 0 bridgehead atoms. The highest BCUT2D eigenvalue weighted by Crippen LogP contribution is 2.37. The molecule has 2 aromatic heterocycles. The Balaban J connectivity index is 2.10. The third-order valence-electron chi connectivity index (χ3n) is 3.64. The Morgan fingerprint density at radius 2 is 2.20 bits per heavy atom. The van der Waals surface area contributed by atoms with Gasteiger partial charge in [0.1, 0.15) is 24.1 Å². The van der Waals surface area contributed by atoms with E-state index in [1.54, 1.807) is 11.5 Å². The Morgan fingerprint density at radius 3 is 2.85 bits per heavy atom. The lowest BCUT2D eigenvalue weighted by Gasteiger charge is -2.28. The zero-order valence-electron chi connectivity index (χ0n) is 10.8. The van der Waals surface area contributed by atoms with Crippen LogP contribution in [0.2, 0.25) is 0 Å². The Hall–Kier alpha value is -1.81. The molecule has 0 radical (unpaired) electrons. The second kappa shape index (κ2) is 4.35. The van der Waals surface area contributed by atoms with Crippen LogP contribution in [0.3, 0.4) is 0 Å². The van der Waals surface area contributed by atoms with E-state index >= 15 is 0 Å². The van der Waals surface area contributed by atoms with Crippen molar-refractivity contribution in [2.75, 3.05) is 12.3 Å². The SMILES string of the molecule is C[C@@]1(N)[C@H](O)[C@@H](CO)O[C@H]1n1cnc2c(N)ncnc21. The van der Waals surface area contributed by atoms with Crippen LogP contribution in [0.5, 0.6) is 0 Å². The summed E-state index contributed by atoms with van der Waals surface area (Å²) in [5.41, 5.74) is 11.7. The predicted octanol–water partition coefficient (Wildman–Crippen LogP) is -1.62. The number of nitrogens with zero attached hydrogens (tertiary/aromatic N) is 4. The van der Waals surface area contributed by atoms with E-state index < -0.39 is 24.0 Å². The second-order valence-corrected chi connectivity index (χ2v) is 5.10. The summed E-state index contributed by atoms with van der Waals surface area (Å²) in [4.78, 5) is 12.1. The van der Waals surface area contributed by atoms with Crippen LogP contribution < -0.4 is 11.5 Å². The molecule has 1 fully saturated rings. The maximum Gasteiger partial charge on any atom is 0.167 e. The third kappa shape index (κ3) is 1.68. The first kappa shape index (κ1) is 13.2. The van der Waals surface area contributed by atoms with E-state index in [1.807, 2.05) is 0 Å². The summed E-state index contributed by atoms with van der Waals surface area (Å²) < 4.78 is 7.22. The summed E-state index contributed by atoms with van der Waals surface area (Å²) in [6.45, 7) is 1.32. The molecule has 3 heterocycles. The number of nitrogen functional groups attached to an aromatic ring is 1. The van der Waals surface area contributed by atoms with E-state index in [1.165, 1.54) is 12.7 Å². The zero-order valence-corrected chi connectivity index (χ0v) is 10.8. The number of aliphatic hydroxyl groups is 2. The summed E-state index contributed by atoms with van der Waals surface area (Å²) in [7, 11) is 0. The monoisotopic (exact) mass is 280 g/mol. The number of rotatable bonds is 2. The summed E-state index contributed by atoms with van der Waals surface area (Å²) >= 11 is 0. The highest BCUT2D eigenvalue weighted by molar-refractivity contribution is 5.81. The van der Waals surface area contributed by atoms with Gasteiger partial charge in [0.25, 0.3) is 0 Å².